The number of carbonyl (C=O) groups excluding carboxylic acids is 1. The number of rotatable bonds is 10. The Morgan fingerprint density at radius 1 is 1.29 bits per heavy atom. The summed E-state index contributed by atoms with van der Waals surface area (Å²) in [6.45, 7) is 5.39. The molecule has 0 aromatic heterocycles. The number of esters is 1. The van der Waals surface area contributed by atoms with Gasteiger partial charge in [0.2, 0.25) is 0 Å². The molecule has 0 aliphatic carbocycles. The molecular formula is C17H27NO3. The summed E-state index contributed by atoms with van der Waals surface area (Å²) < 4.78 is 5.40. The number of hydrogen-bond donors (Lipinski definition) is 2. The third-order valence-electron chi connectivity index (χ3n) is 3.55. The van der Waals surface area contributed by atoms with E-state index in [1.807, 2.05) is 12.1 Å². The minimum Gasteiger partial charge on any atom is -0.462 e. The van der Waals surface area contributed by atoms with E-state index in [9.17, 15) is 4.79 Å². The summed E-state index contributed by atoms with van der Waals surface area (Å²) >= 11 is 0. The van der Waals surface area contributed by atoms with Gasteiger partial charge in [0.05, 0.1) is 18.8 Å². The predicted molar refractivity (Wildman–Crippen MR) is 85.6 cm³/mol. The van der Waals surface area contributed by atoms with E-state index in [1.165, 1.54) is 12.8 Å². The Labute approximate surface area is 127 Å². The molecule has 0 saturated heterocycles. The van der Waals surface area contributed by atoms with Crippen LogP contribution >= 0.6 is 0 Å². The number of ether oxygens (including phenoxy) is 1. The summed E-state index contributed by atoms with van der Waals surface area (Å²) in [5, 5.41) is 11.8. The van der Waals surface area contributed by atoms with Crippen molar-refractivity contribution in [2.45, 2.75) is 39.5 Å². The molecule has 0 bridgehead atoms. The molecule has 0 saturated carbocycles. The first-order valence-electron chi connectivity index (χ1n) is 7.83. The summed E-state index contributed by atoms with van der Waals surface area (Å²) in [6, 6.07) is 7.13. The fourth-order valence-corrected chi connectivity index (χ4v) is 2.10. The van der Waals surface area contributed by atoms with Crippen molar-refractivity contribution in [3.63, 3.8) is 0 Å². The Morgan fingerprint density at radius 3 is 2.57 bits per heavy atom. The fourth-order valence-electron chi connectivity index (χ4n) is 2.10. The highest BCUT2D eigenvalue weighted by atomic mass is 16.5. The van der Waals surface area contributed by atoms with Gasteiger partial charge in [0.1, 0.15) is 0 Å². The van der Waals surface area contributed by atoms with Gasteiger partial charge < -0.3 is 15.2 Å². The van der Waals surface area contributed by atoms with Crippen LogP contribution in [0, 0.1) is 5.92 Å². The monoisotopic (exact) mass is 293 g/mol. The molecule has 1 aromatic carbocycles. The third-order valence-corrected chi connectivity index (χ3v) is 3.55. The molecule has 118 valence electrons. The van der Waals surface area contributed by atoms with Crippen LogP contribution in [0.4, 0.5) is 5.69 Å². The predicted octanol–water partition coefficient (Wildman–Crippen LogP) is 3.46. The Hall–Kier alpha value is -1.55. The number of nitrogens with one attached hydrogen (secondary N) is 1. The first kappa shape index (κ1) is 17.5. The van der Waals surface area contributed by atoms with Gasteiger partial charge in [-0.25, -0.2) is 4.79 Å². The summed E-state index contributed by atoms with van der Waals surface area (Å²) in [4.78, 5) is 12.0. The van der Waals surface area contributed by atoms with Gasteiger partial charge in [0.25, 0.3) is 0 Å². The van der Waals surface area contributed by atoms with Gasteiger partial charge in [-0.15, -0.1) is 0 Å². The van der Waals surface area contributed by atoms with Crippen molar-refractivity contribution < 1.29 is 14.6 Å². The van der Waals surface area contributed by atoms with Crippen molar-refractivity contribution in [1.82, 2.24) is 0 Å². The first-order valence-corrected chi connectivity index (χ1v) is 7.83. The van der Waals surface area contributed by atoms with E-state index < -0.39 is 0 Å². The maximum atomic E-state index is 12.0. The minimum absolute atomic E-state index is 0.0833. The van der Waals surface area contributed by atoms with Crippen molar-refractivity contribution in [3.8, 4) is 0 Å². The topological polar surface area (TPSA) is 58.6 Å². The van der Waals surface area contributed by atoms with E-state index in [4.69, 9.17) is 9.84 Å². The summed E-state index contributed by atoms with van der Waals surface area (Å²) in [5.41, 5.74) is 1.45. The molecule has 1 unspecified atom stereocenters. The molecule has 1 atom stereocenters. The molecule has 0 aliphatic rings. The molecule has 1 rings (SSSR count). The Morgan fingerprint density at radius 2 is 2.00 bits per heavy atom. The maximum absolute atomic E-state index is 12.0. The number of unbranched alkanes of at least 4 members (excludes halogenated alkanes) is 1. The zero-order valence-electron chi connectivity index (χ0n) is 13.1. The Bertz CT molecular complexity index is 403. The van der Waals surface area contributed by atoms with E-state index >= 15 is 0 Å². The lowest BCUT2D eigenvalue weighted by atomic mass is 10.0. The van der Waals surface area contributed by atoms with Crippen molar-refractivity contribution in [3.05, 3.63) is 29.8 Å². The SMILES string of the molecule is CCCCC(CC)COC(=O)c1ccc(NCCO)cc1. The zero-order chi connectivity index (χ0) is 15.5. The second-order valence-corrected chi connectivity index (χ2v) is 5.24. The fraction of sp³-hybridized carbons (Fsp3) is 0.588. The molecule has 4 nitrogen and oxygen atoms in total. The smallest absolute Gasteiger partial charge is 0.338 e. The number of carbonyl (C=O) groups is 1. The van der Waals surface area contributed by atoms with Crippen LogP contribution in [0.2, 0.25) is 0 Å². The van der Waals surface area contributed by atoms with E-state index in [-0.39, 0.29) is 12.6 Å². The first-order chi connectivity index (χ1) is 10.2. The van der Waals surface area contributed by atoms with Crippen LogP contribution < -0.4 is 5.32 Å². The summed E-state index contributed by atoms with van der Waals surface area (Å²) in [6.07, 6.45) is 4.51. The van der Waals surface area contributed by atoms with Crippen LogP contribution in [0.25, 0.3) is 0 Å². The van der Waals surface area contributed by atoms with E-state index in [0.29, 0.717) is 24.6 Å². The van der Waals surface area contributed by atoms with E-state index in [0.717, 1.165) is 18.5 Å². The lowest BCUT2D eigenvalue weighted by Crippen LogP contribution is -2.14. The van der Waals surface area contributed by atoms with Gasteiger partial charge in [-0.3, -0.25) is 0 Å². The van der Waals surface area contributed by atoms with Crippen LogP contribution in [-0.2, 0) is 4.74 Å². The van der Waals surface area contributed by atoms with E-state index in [1.54, 1.807) is 12.1 Å². The highest BCUT2D eigenvalue weighted by molar-refractivity contribution is 5.89. The molecule has 21 heavy (non-hydrogen) atoms. The quantitative estimate of drug-likeness (QED) is 0.649. The number of aliphatic hydroxyl groups is 1. The van der Waals surface area contributed by atoms with Gasteiger partial charge in [-0.05, 0) is 36.6 Å². The van der Waals surface area contributed by atoms with Crippen LogP contribution in [0.1, 0.15) is 49.9 Å². The number of anilines is 1. The Kier molecular flexibility index (Phi) is 8.51. The average Bonchev–Trinajstić information content (AvgIpc) is 2.53. The molecule has 4 heteroatoms. The highest BCUT2D eigenvalue weighted by Gasteiger charge is 2.11. The van der Waals surface area contributed by atoms with Gasteiger partial charge in [0.15, 0.2) is 0 Å². The molecule has 0 fully saturated rings. The van der Waals surface area contributed by atoms with Gasteiger partial charge in [-0.2, -0.15) is 0 Å². The highest BCUT2D eigenvalue weighted by Crippen LogP contribution is 2.15. The van der Waals surface area contributed by atoms with Crippen molar-refractivity contribution in [2.75, 3.05) is 25.1 Å². The molecule has 0 aliphatic heterocycles. The molecule has 0 radical (unpaired) electrons. The summed E-state index contributed by atoms with van der Waals surface area (Å²) in [5.74, 6) is 0.193. The molecule has 0 spiro atoms. The van der Waals surface area contributed by atoms with Crippen LogP contribution in [0.5, 0.6) is 0 Å². The van der Waals surface area contributed by atoms with Crippen molar-refractivity contribution >= 4 is 11.7 Å². The second-order valence-electron chi connectivity index (χ2n) is 5.24. The largest absolute Gasteiger partial charge is 0.462 e. The normalized spacial score (nSPS) is 12.0. The van der Waals surface area contributed by atoms with Gasteiger partial charge in [-0.1, -0.05) is 33.1 Å². The molecule has 0 heterocycles. The summed E-state index contributed by atoms with van der Waals surface area (Å²) in [7, 11) is 0. The minimum atomic E-state index is -0.265. The average molecular weight is 293 g/mol. The molecule has 2 N–H and O–H groups in total. The molecule has 0 amide bonds. The maximum Gasteiger partial charge on any atom is 0.338 e. The number of aliphatic hydroxyl groups excluding tert-OH is 1. The van der Waals surface area contributed by atoms with Crippen LogP contribution in [0.15, 0.2) is 24.3 Å². The third kappa shape index (κ3) is 6.63. The number of benzene rings is 1. The van der Waals surface area contributed by atoms with Crippen LogP contribution in [0.3, 0.4) is 0 Å². The standard InChI is InChI=1S/C17H27NO3/c1-3-5-6-14(4-2)13-21-17(20)15-7-9-16(10-8-15)18-11-12-19/h7-10,14,18-19H,3-6,11-13H2,1-2H3. The van der Waals surface area contributed by atoms with Crippen LogP contribution in [-0.4, -0.2) is 30.8 Å². The Balaban J connectivity index is 2.43. The van der Waals surface area contributed by atoms with Gasteiger partial charge >= 0.3 is 5.97 Å². The van der Waals surface area contributed by atoms with Crippen molar-refractivity contribution in [2.24, 2.45) is 5.92 Å². The lowest BCUT2D eigenvalue weighted by Gasteiger charge is -2.14. The lowest BCUT2D eigenvalue weighted by molar-refractivity contribution is 0.0428. The zero-order valence-corrected chi connectivity index (χ0v) is 13.1. The van der Waals surface area contributed by atoms with E-state index in [2.05, 4.69) is 19.2 Å². The number of hydrogen-bond acceptors (Lipinski definition) is 4. The molecule has 1 aromatic rings. The second kappa shape index (κ2) is 10.2. The van der Waals surface area contributed by atoms with Crippen molar-refractivity contribution in [1.29, 1.82) is 0 Å². The molecular weight excluding hydrogens is 266 g/mol. The van der Waals surface area contributed by atoms with Gasteiger partial charge in [0, 0.05) is 12.2 Å².